The molecule has 0 unspecified atom stereocenters. The zero-order chi connectivity index (χ0) is 16.4. The Kier molecular flexibility index (Phi) is 3.94. The number of benzene rings is 1. The maximum atomic E-state index is 13.1. The van der Waals surface area contributed by atoms with E-state index in [4.69, 9.17) is 0 Å². The van der Waals surface area contributed by atoms with Crippen LogP contribution in [0.15, 0.2) is 42.9 Å². The largest absolute Gasteiger partial charge is 0.418 e. The van der Waals surface area contributed by atoms with Crippen LogP contribution in [-0.2, 0) is 19.6 Å². The Bertz CT molecular complexity index is 824. The molecule has 120 valence electrons. The summed E-state index contributed by atoms with van der Waals surface area (Å²) in [6.45, 7) is 0.570. The van der Waals surface area contributed by atoms with Crippen molar-refractivity contribution in [2.45, 2.75) is 12.6 Å². The third-order valence-electron chi connectivity index (χ3n) is 3.66. The van der Waals surface area contributed by atoms with Crippen LogP contribution in [0.5, 0.6) is 0 Å². The zero-order valence-electron chi connectivity index (χ0n) is 12.4. The first-order chi connectivity index (χ1) is 11.0. The Balaban J connectivity index is 1.85. The van der Waals surface area contributed by atoms with Crippen LogP contribution < -0.4 is 5.32 Å². The van der Waals surface area contributed by atoms with Crippen LogP contribution in [0, 0.1) is 0 Å². The summed E-state index contributed by atoms with van der Waals surface area (Å²) in [6, 6.07) is 5.77. The number of pyridine rings is 1. The summed E-state index contributed by atoms with van der Waals surface area (Å²) in [5.41, 5.74) is -0.125. The van der Waals surface area contributed by atoms with Crippen LogP contribution in [0.4, 0.5) is 18.9 Å². The number of rotatable bonds is 4. The summed E-state index contributed by atoms with van der Waals surface area (Å²) in [6.07, 6.45) is 1.21. The highest BCUT2D eigenvalue weighted by Crippen LogP contribution is 2.35. The lowest BCUT2D eigenvalue weighted by atomic mass is 10.1. The molecule has 1 N–H and O–H groups in total. The summed E-state index contributed by atoms with van der Waals surface area (Å²) in [5.74, 6) is 0.909. The molecule has 0 radical (unpaired) electrons. The number of fused-ring (bicyclic) bond motifs is 1. The number of alkyl halides is 3. The second kappa shape index (κ2) is 5.91. The van der Waals surface area contributed by atoms with Crippen LogP contribution in [0.3, 0.4) is 0 Å². The van der Waals surface area contributed by atoms with Gasteiger partial charge in [-0.25, -0.2) is 4.98 Å². The van der Waals surface area contributed by atoms with Gasteiger partial charge >= 0.3 is 6.18 Å². The minimum absolute atomic E-state index is 0.0398. The van der Waals surface area contributed by atoms with E-state index in [2.05, 4.69) is 15.3 Å². The number of hydrogen-bond donors (Lipinski definition) is 1. The molecule has 0 fully saturated rings. The van der Waals surface area contributed by atoms with E-state index in [-0.39, 0.29) is 5.52 Å². The predicted molar refractivity (Wildman–Crippen MR) is 82.1 cm³/mol. The number of imidazole rings is 1. The first kappa shape index (κ1) is 15.3. The number of para-hydroxylation sites is 1. The van der Waals surface area contributed by atoms with E-state index in [1.807, 2.05) is 17.8 Å². The lowest BCUT2D eigenvalue weighted by Crippen LogP contribution is -2.10. The molecule has 0 amide bonds. The van der Waals surface area contributed by atoms with Crippen molar-refractivity contribution in [3.8, 4) is 0 Å². The standard InChI is InChI=1S/C16H15F3N4/c1-23-10-9-21-14(23)6-8-20-13-5-7-22-15-11(13)3-2-4-12(15)16(17,18)19/h2-5,7,9-10H,6,8H2,1H3,(H,20,22). The fraction of sp³-hybridized carbons (Fsp3) is 0.250. The molecule has 0 aliphatic carbocycles. The number of aromatic nitrogens is 3. The molecule has 3 aromatic rings. The fourth-order valence-corrected chi connectivity index (χ4v) is 2.51. The second-order valence-electron chi connectivity index (χ2n) is 5.19. The van der Waals surface area contributed by atoms with Gasteiger partial charge in [-0.15, -0.1) is 0 Å². The van der Waals surface area contributed by atoms with Gasteiger partial charge in [-0.05, 0) is 12.1 Å². The molecular formula is C16H15F3N4. The number of aryl methyl sites for hydroxylation is 1. The van der Waals surface area contributed by atoms with Crippen LogP contribution >= 0.6 is 0 Å². The molecular weight excluding hydrogens is 305 g/mol. The van der Waals surface area contributed by atoms with Crippen LogP contribution in [0.25, 0.3) is 10.9 Å². The van der Waals surface area contributed by atoms with Gasteiger partial charge < -0.3 is 9.88 Å². The average Bonchev–Trinajstić information content (AvgIpc) is 2.91. The highest BCUT2D eigenvalue weighted by atomic mass is 19.4. The molecule has 0 atom stereocenters. The Morgan fingerprint density at radius 1 is 1.13 bits per heavy atom. The molecule has 23 heavy (non-hydrogen) atoms. The van der Waals surface area contributed by atoms with Gasteiger partial charge in [0.15, 0.2) is 0 Å². The Morgan fingerprint density at radius 3 is 2.65 bits per heavy atom. The minimum Gasteiger partial charge on any atom is -0.384 e. The number of halogens is 3. The van der Waals surface area contributed by atoms with E-state index in [1.54, 1.807) is 18.3 Å². The summed E-state index contributed by atoms with van der Waals surface area (Å²) >= 11 is 0. The van der Waals surface area contributed by atoms with E-state index in [0.717, 1.165) is 11.9 Å². The topological polar surface area (TPSA) is 42.7 Å². The highest BCUT2D eigenvalue weighted by molar-refractivity contribution is 5.93. The predicted octanol–water partition coefficient (Wildman–Crippen LogP) is 3.64. The first-order valence-electron chi connectivity index (χ1n) is 7.12. The van der Waals surface area contributed by atoms with Gasteiger partial charge in [0, 0.05) is 49.7 Å². The second-order valence-corrected chi connectivity index (χ2v) is 5.19. The Morgan fingerprint density at radius 2 is 1.96 bits per heavy atom. The average molecular weight is 320 g/mol. The Hall–Kier alpha value is -2.57. The monoisotopic (exact) mass is 320 g/mol. The van der Waals surface area contributed by atoms with Gasteiger partial charge in [-0.3, -0.25) is 4.98 Å². The molecule has 0 saturated carbocycles. The first-order valence-corrected chi connectivity index (χ1v) is 7.12. The quantitative estimate of drug-likeness (QED) is 0.798. The van der Waals surface area contributed by atoms with Gasteiger partial charge in [-0.2, -0.15) is 13.2 Å². The summed E-state index contributed by atoms with van der Waals surface area (Å²) in [4.78, 5) is 8.12. The minimum atomic E-state index is -4.42. The van der Waals surface area contributed by atoms with Gasteiger partial charge in [0.2, 0.25) is 0 Å². The molecule has 0 saturated heterocycles. The van der Waals surface area contributed by atoms with Crippen LogP contribution in [-0.4, -0.2) is 21.1 Å². The number of anilines is 1. The Labute approximate surface area is 131 Å². The maximum absolute atomic E-state index is 13.1. The number of hydrogen-bond acceptors (Lipinski definition) is 3. The smallest absolute Gasteiger partial charge is 0.384 e. The molecule has 0 aliphatic rings. The molecule has 0 bridgehead atoms. The molecule has 0 aliphatic heterocycles. The van der Waals surface area contributed by atoms with Crippen LogP contribution in [0.2, 0.25) is 0 Å². The lowest BCUT2D eigenvalue weighted by molar-refractivity contribution is -0.136. The third kappa shape index (κ3) is 3.13. The van der Waals surface area contributed by atoms with Crippen molar-refractivity contribution in [3.05, 3.63) is 54.2 Å². The van der Waals surface area contributed by atoms with Gasteiger partial charge in [0.05, 0.1) is 11.1 Å². The third-order valence-corrected chi connectivity index (χ3v) is 3.66. The summed E-state index contributed by atoms with van der Waals surface area (Å²) in [5, 5.41) is 3.63. The van der Waals surface area contributed by atoms with E-state index in [0.29, 0.717) is 24.0 Å². The molecule has 4 nitrogen and oxygen atoms in total. The number of nitrogens with zero attached hydrogens (tertiary/aromatic N) is 3. The van der Waals surface area contributed by atoms with E-state index < -0.39 is 11.7 Å². The van der Waals surface area contributed by atoms with E-state index >= 15 is 0 Å². The van der Waals surface area contributed by atoms with Crippen molar-refractivity contribution < 1.29 is 13.2 Å². The van der Waals surface area contributed by atoms with Crippen molar-refractivity contribution >= 4 is 16.6 Å². The zero-order valence-corrected chi connectivity index (χ0v) is 12.4. The molecule has 0 spiro atoms. The summed E-state index contributed by atoms with van der Waals surface area (Å²) in [7, 11) is 1.90. The van der Waals surface area contributed by atoms with Crippen molar-refractivity contribution in [2.24, 2.45) is 7.05 Å². The highest BCUT2D eigenvalue weighted by Gasteiger charge is 2.33. The van der Waals surface area contributed by atoms with E-state index in [9.17, 15) is 13.2 Å². The SMILES string of the molecule is Cn1ccnc1CCNc1ccnc2c(C(F)(F)F)cccc12. The van der Waals surface area contributed by atoms with Crippen molar-refractivity contribution in [1.82, 2.24) is 14.5 Å². The fourth-order valence-electron chi connectivity index (χ4n) is 2.51. The normalized spacial score (nSPS) is 11.8. The summed E-state index contributed by atoms with van der Waals surface area (Å²) < 4.78 is 41.1. The van der Waals surface area contributed by atoms with Crippen molar-refractivity contribution in [3.63, 3.8) is 0 Å². The molecule has 3 rings (SSSR count). The van der Waals surface area contributed by atoms with Gasteiger partial charge in [0.1, 0.15) is 5.82 Å². The maximum Gasteiger partial charge on any atom is 0.418 e. The molecule has 1 aromatic carbocycles. The van der Waals surface area contributed by atoms with Gasteiger partial charge in [-0.1, -0.05) is 12.1 Å². The lowest BCUT2D eigenvalue weighted by Gasteiger charge is -2.13. The van der Waals surface area contributed by atoms with Crippen molar-refractivity contribution in [1.29, 1.82) is 0 Å². The molecule has 2 heterocycles. The van der Waals surface area contributed by atoms with Crippen LogP contribution in [0.1, 0.15) is 11.4 Å². The molecule has 7 heteroatoms. The number of nitrogens with one attached hydrogen (secondary N) is 1. The van der Waals surface area contributed by atoms with Gasteiger partial charge in [0.25, 0.3) is 0 Å². The van der Waals surface area contributed by atoms with E-state index in [1.165, 1.54) is 12.3 Å². The van der Waals surface area contributed by atoms with Crippen molar-refractivity contribution in [2.75, 3.05) is 11.9 Å². The molecule has 2 aromatic heterocycles.